The maximum absolute atomic E-state index is 14.5. The molecule has 7 nitrogen and oxygen atoms in total. The maximum atomic E-state index is 14.5. The van der Waals surface area contributed by atoms with Gasteiger partial charge in [0.05, 0.1) is 29.8 Å². The van der Waals surface area contributed by atoms with Crippen molar-refractivity contribution in [3.63, 3.8) is 0 Å². The average molecular weight is 335 g/mol. The van der Waals surface area contributed by atoms with Crippen molar-refractivity contribution in [3.8, 4) is 0 Å². The lowest BCUT2D eigenvalue weighted by Gasteiger charge is -2.41. The number of carbonyl (C=O) groups is 1. The van der Waals surface area contributed by atoms with E-state index in [-0.39, 0.29) is 18.9 Å². The second-order valence-corrected chi connectivity index (χ2v) is 6.96. The van der Waals surface area contributed by atoms with Gasteiger partial charge in [-0.2, -0.15) is 0 Å². The van der Waals surface area contributed by atoms with Crippen molar-refractivity contribution in [1.29, 1.82) is 0 Å². The van der Waals surface area contributed by atoms with Gasteiger partial charge in [-0.1, -0.05) is 5.11 Å². The standard InChI is InChI=1S/C14H14FN5O2S/c15-11-3-8(19-6-10(5-17-18-16)22-14(19)21)1-2-12(11)20-9-4-13(20)23-7-9/h1-3,9-10,13H,4-7H2/t9?,10-,13?/m0/s1. The van der Waals surface area contributed by atoms with Crippen LogP contribution in [0.2, 0.25) is 0 Å². The first-order valence-corrected chi connectivity index (χ1v) is 8.41. The summed E-state index contributed by atoms with van der Waals surface area (Å²) in [6, 6.07) is 5.26. The Hall–Kier alpha value is -2.12. The molecule has 2 bridgehead atoms. The Labute approximate surface area is 136 Å². The van der Waals surface area contributed by atoms with Gasteiger partial charge in [0.1, 0.15) is 11.9 Å². The number of anilines is 2. The normalized spacial score (nSPS) is 28.4. The average Bonchev–Trinajstić information content (AvgIpc) is 3.23. The van der Waals surface area contributed by atoms with Crippen LogP contribution in [-0.2, 0) is 4.74 Å². The van der Waals surface area contributed by atoms with Crippen LogP contribution in [0.1, 0.15) is 6.42 Å². The van der Waals surface area contributed by atoms with Crippen molar-refractivity contribution in [3.05, 3.63) is 34.5 Å². The zero-order valence-electron chi connectivity index (χ0n) is 12.1. The minimum atomic E-state index is -0.546. The second-order valence-electron chi connectivity index (χ2n) is 5.75. The lowest BCUT2D eigenvalue weighted by atomic mass is 10.0. The third-order valence-corrected chi connectivity index (χ3v) is 5.78. The van der Waals surface area contributed by atoms with E-state index < -0.39 is 12.2 Å². The largest absolute Gasteiger partial charge is 0.444 e. The molecule has 3 atom stereocenters. The lowest BCUT2D eigenvalue weighted by molar-refractivity contribution is 0.145. The van der Waals surface area contributed by atoms with E-state index in [1.165, 1.54) is 11.0 Å². The molecular weight excluding hydrogens is 321 g/mol. The second kappa shape index (κ2) is 5.50. The Kier molecular flexibility index (Phi) is 3.46. The minimum Gasteiger partial charge on any atom is -0.444 e. The molecular formula is C14H14FN5O2S. The zero-order chi connectivity index (χ0) is 16.0. The summed E-state index contributed by atoms with van der Waals surface area (Å²) in [6.45, 7) is 0.328. The Bertz CT molecular complexity index is 696. The summed E-state index contributed by atoms with van der Waals surface area (Å²) in [5.41, 5.74) is 9.37. The van der Waals surface area contributed by atoms with Crippen molar-refractivity contribution in [1.82, 2.24) is 0 Å². The van der Waals surface area contributed by atoms with Crippen LogP contribution in [0.15, 0.2) is 23.3 Å². The van der Waals surface area contributed by atoms with Crippen LogP contribution in [0.3, 0.4) is 0 Å². The molecule has 0 aromatic heterocycles. The van der Waals surface area contributed by atoms with E-state index in [1.54, 1.807) is 12.1 Å². The van der Waals surface area contributed by atoms with Crippen molar-refractivity contribution >= 4 is 29.2 Å². The Morgan fingerprint density at radius 1 is 1.52 bits per heavy atom. The first-order valence-electron chi connectivity index (χ1n) is 7.36. The highest BCUT2D eigenvalue weighted by Gasteiger charge is 2.46. The van der Waals surface area contributed by atoms with Gasteiger partial charge in [-0.15, -0.1) is 11.8 Å². The number of cyclic esters (lactones) is 1. The van der Waals surface area contributed by atoms with Crippen molar-refractivity contribution in [2.45, 2.75) is 23.9 Å². The number of fused-ring (bicyclic) bond motifs is 1. The highest BCUT2D eigenvalue weighted by molar-refractivity contribution is 8.00. The first kappa shape index (κ1) is 14.5. The third kappa shape index (κ3) is 2.36. The van der Waals surface area contributed by atoms with E-state index in [1.807, 2.05) is 11.8 Å². The van der Waals surface area contributed by atoms with Gasteiger partial charge < -0.3 is 9.64 Å². The van der Waals surface area contributed by atoms with Gasteiger partial charge in [-0.3, -0.25) is 4.90 Å². The molecule has 1 aromatic carbocycles. The highest BCUT2D eigenvalue weighted by atomic mass is 32.2. The van der Waals surface area contributed by atoms with Gasteiger partial charge in [0.15, 0.2) is 0 Å². The fraction of sp³-hybridized carbons (Fsp3) is 0.500. The van der Waals surface area contributed by atoms with E-state index in [9.17, 15) is 9.18 Å². The molecule has 1 aromatic rings. The van der Waals surface area contributed by atoms with Gasteiger partial charge in [-0.05, 0) is 30.2 Å². The minimum absolute atomic E-state index is 0.0771. The molecule has 1 amide bonds. The summed E-state index contributed by atoms with van der Waals surface area (Å²) < 4.78 is 19.6. The van der Waals surface area contributed by atoms with Crippen LogP contribution in [-0.4, -0.2) is 42.5 Å². The molecule has 2 unspecified atom stereocenters. The molecule has 9 heteroatoms. The number of halogens is 1. The molecule has 0 aliphatic carbocycles. The third-order valence-electron chi connectivity index (χ3n) is 4.40. The zero-order valence-corrected chi connectivity index (χ0v) is 12.9. The molecule has 0 N–H and O–H groups in total. The Morgan fingerprint density at radius 2 is 2.39 bits per heavy atom. The van der Waals surface area contributed by atoms with Crippen LogP contribution < -0.4 is 9.80 Å². The monoisotopic (exact) mass is 335 g/mol. The fourth-order valence-electron chi connectivity index (χ4n) is 3.26. The van der Waals surface area contributed by atoms with Gasteiger partial charge in [0, 0.05) is 16.7 Å². The summed E-state index contributed by atoms with van der Waals surface area (Å²) in [4.78, 5) is 18.0. The molecule has 23 heavy (non-hydrogen) atoms. The molecule has 4 saturated heterocycles. The Balaban J connectivity index is 1.52. The number of hydrogen-bond acceptors (Lipinski definition) is 5. The van der Waals surface area contributed by atoms with Gasteiger partial charge in [0.25, 0.3) is 0 Å². The Morgan fingerprint density at radius 3 is 3.04 bits per heavy atom. The number of hydrogen-bond donors (Lipinski definition) is 0. The molecule has 5 rings (SSSR count). The maximum Gasteiger partial charge on any atom is 0.414 e. The van der Waals surface area contributed by atoms with Crippen LogP contribution in [0.25, 0.3) is 10.4 Å². The summed E-state index contributed by atoms with van der Waals surface area (Å²) in [5.74, 6) is 0.719. The van der Waals surface area contributed by atoms with Crippen LogP contribution >= 0.6 is 11.8 Å². The smallest absolute Gasteiger partial charge is 0.414 e. The quantitative estimate of drug-likeness (QED) is 0.481. The molecule has 4 heterocycles. The number of amides is 1. The highest BCUT2D eigenvalue weighted by Crippen LogP contribution is 2.47. The van der Waals surface area contributed by atoms with E-state index in [4.69, 9.17) is 10.3 Å². The fourth-order valence-corrected chi connectivity index (χ4v) is 4.80. The van der Waals surface area contributed by atoms with E-state index in [0.717, 1.165) is 12.2 Å². The SMILES string of the molecule is [N-]=[N+]=NC[C@H]1CN(c2ccc(N3C4CSC3C4)c(F)c2)C(=O)O1. The van der Waals surface area contributed by atoms with E-state index >= 15 is 0 Å². The molecule has 0 radical (unpaired) electrons. The lowest BCUT2D eigenvalue weighted by Crippen LogP contribution is -2.49. The van der Waals surface area contributed by atoms with E-state index in [2.05, 4.69) is 14.9 Å². The number of benzene rings is 1. The van der Waals surface area contributed by atoms with Gasteiger partial charge >= 0.3 is 6.09 Å². The van der Waals surface area contributed by atoms with Crippen molar-refractivity contribution < 1.29 is 13.9 Å². The van der Waals surface area contributed by atoms with Crippen molar-refractivity contribution in [2.75, 3.05) is 28.6 Å². The molecule has 4 aliphatic rings. The van der Waals surface area contributed by atoms with Gasteiger partial charge in [0.2, 0.25) is 0 Å². The van der Waals surface area contributed by atoms with Crippen LogP contribution in [0, 0.1) is 5.82 Å². The summed E-state index contributed by atoms with van der Waals surface area (Å²) in [7, 11) is 0. The number of carbonyl (C=O) groups excluding carboxylic acids is 1. The number of rotatable bonds is 4. The topological polar surface area (TPSA) is 81.5 Å². The molecule has 0 spiro atoms. The molecule has 120 valence electrons. The number of azide groups is 1. The molecule has 4 aliphatic heterocycles. The molecule has 4 fully saturated rings. The van der Waals surface area contributed by atoms with Crippen molar-refractivity contribution in [2.24, 2.45) is 5.11 Å². The summed E-state index contributed by atoms with van der Waals surface area (Å²) in [6.07, 6.45) is 0.0735. The van der Waals surface area contributed by atoms with Crippen LogP contribution in [0.4, 0.5) is 20.6 Å². The first-order chi connectivity index (χ1) is 11.2. The predicted molar refractivity (Wildman–Crippen MR) is 85.2 cm³/mol. The number of ether oxygens (including phenoxy) is 1. The number of nitrogens with zero attached hydrogens (tertiary/aromatic N) is 5. The summed E-state index contributed by atoms with van der Waals surface area (Å²) >= 11 is 1.86. The summed E-state index contributed by atoms with van der Waals surface area (Å²) in [5, 5.41) is 3.79. The van der Waals surface area contributed by atoms with Gasteiger partial charge in [-0.25, -0.2) is 9.18 Å². The number of thioether (sulfide) groups is 1. The predicted octanol–water partition coefficient (Wildman–Crippen LogP) is 3.11. The van der Waals surface area contributed by atoms with E-state index in [0.29, 0.717) is 22.8 Å². The molecule has 0 saturated carbocycles. The van der Waals surface area contributed by atoms with Crippen LogP contribution in [0.5, 0.6) is 0 Å².